The monoisotopic (exact) mass is 411 g/mol. The summed E-state index contributed by atoms with van der Waals surface area (Å²) in [5, 5.41) is 2.64. The zero-order valence-corrected chi connectivity index (χ0v) is 15.8. The number of ether oxygens (including phenoxy) is 2. The van der Waals surface area contributed by atoms with E-state index in [0.717, 1.165) is 16.3 Å². The molecular weight excluding hydrogens is 393 g/mol. The second kappa shape index (κ2) is 8.24. The summed E-state index contributed by atoms with van der Waals surface area (Å²) in [6.07, 6.45) is 1.58. The van der Waals surface area contributed by atoms with Crippen molar-refractivity contribution in [1.29, 1.82) is 0 Å². The molecule has 0 fully saturated rings. The van der Waals surface area contributed by atoms with Crippen molar-refractivity contribution in [3.05, 3.63) is 92.0 Å². The van der Waals surface area contributed by atoms with Crippen LogP contribution in [-0.4, -0.2) is 28.8 Å². The molecule has 1 aliphatic rings. The highest BCUT2D eigenvalue weighted by Gasteiger charge is 2.17. The van der Waals surface area contributed by atoms with Crippen LogP contribution >= 0.6 is 0 Å². The number of hydrogen-bond acceptors (Lipinski definition) is 5. The Balaban J connectivity index is 1.47. The highest BCUT2D eigenvalue weighted by atomic mass is 19.1. The molecule has 2 N–H and O–H groups in total. The number of halogens is 1. The van der Waals surface area contributed by atoms with E-state index >= 15 is 0 Å². The molecule has 2 heterocycles. The molecular formula is C21H18FN3O5. The summed E-state index contributed by atoms with van der Waals surface area (Å²) in [6.45, 7) is 0.347. The molecule has 30 heavy (non-hydrogen) atoms. The van der Waals surface area contributed by atoms with Gasteiger partial charge >= 0.3 is 5.69 Å². The summed E-state index contributed by atoms with van der Waals surface area (Å²) in [6, 6.07) is 11.0. The van der Waals surface area contributed by atoms with Gasteiger partial charge < -0.3 is 19.8 Å². The molecule has 0 bridgehead atoms. The van der Waals surface area contributed by atoms with Gasteiger partial charge in [0.25, 0.3) is 11.5 Å². The van der Waals surface area contributed by atoms with E-state index in [1.807, 2.05) is 0 Å². The molecule has 3 aromatic rings. The molecule has 0 unspecified atom stereocenters. The quantitative estimate of drug-likeness (QED) is 0.639. The summed E-state index contributed by atoms with van der Waals surface area (Å²) in [5.74, 6) is 0.192. The van der Waals surface area contributed by atoms with Crippen molar-refractivity contribution < 1.29 is 18.7 Å². The molecule has 1 aromatic heterocycles. The van der Waals surface area contributed by atoms with Crippen LogP contribution in [0.1, 0.15) is 21.5 Å². The minimum Gasteiger partial charge on any atom is -0.454 e. The third-order valence-corrected chi connectivity index (χ3v) is 4.70. The number of fused-ring (bicyclic) bond motifs is 1. The first-order valence-corrected chi connectivity index (χ1v) is 9.25. The minimum atomic E-state index is -0.698. The Bertz CT molecular complexity index is 1200. The Morgan fingerprint density at radius 1 is 1.07 bits per heavy atom. The number of rotatable bonds is 6. The first-order valence-electron chi connectivity index (χ1n) is 9.25. The van der Waals surface area contributed by atoms with Gasteiger partial charge in [0.15, 0.2) is 11.5 Å². The van der Waals surface area contributed by atoms with Crippen LogP contribution in [0.3, 0.4) is 0 Å². The average molecular weight is 411 g/mol. The van der Waals surface area contributed by atoms with Crippen LogP contribution < -0.4 is 26.0 Å². The molecule has 4 rings (SSSR count). The first-order chi connectivity index (χ1) is 14.5. The van der Waals surface area contributed by atoms with Crippen molar-refractivity contribution in [2.45, 2.75) is 13.0 Å². The van der Waals surface area contributed by atoms with Gasteiger partial charge in [-0.05, 0) is 41.8 Å². The largest absolute Gasteiger partial charge is 0.454 e. The molecule has 0 aliphatic carbocycles. The van der Waals surface area contributed by atoms with Crippen LogP contribution in [0.4, 0.5) is 4.39 Å². The Morgan fingerprint density at radius 2 is 1.80 bits per heavy atom. The minimum absolute atomic E-state index is 0.0263. The van der Waals surface area contributed by atoms with E-state index in [2.05, 4.69) is 10.3 Å². The predicted octanol–water partition coefficient (Wildman–Crippen LogP) is 1.43. The first kappa shape index (κ1) is 19.4. The lowest BCUT2D eigenvalue weighted by molar-refractivity contribution is 0.0951. The second-order valence-electron chi connectivity index (χ2n) is 6.72. The van der Waals surface area contributed by atoms with Crippen LogP contribution in [-0.2, 0) is 13.0 Å². The van der Waals surface area contributed by atoms with E-state index < -0.39 is 17.2 Å². The number of carbonyl (C=O) groups excluding carboxylic acids is 1. The lowest BCUT2D eigenvalue weighted by Gasteiger charge is -2.09. The van der Waals surface area contributed by atoms with Crippen LogP contribution in [0.15, 0.2) is 58.3 Å². The topological polar surface area (TPSA) is 102 Å². The fourth-order valence-electron chi connectivity index (χ4n) is 3.11. The Kier molecular flexibility index (Phi) is 5.34. The number of carbonyl (C=O) groups is 1. The van der Waals surface area contributed by atoms with Gasteiger partial charge in [-0.25, -0.2) is 9.18 Å². The zero-order chi connectivity index (χ0) is 21.1. The maximum atomic E-state index is 12.9. The second-order valence-corrected chi connectivity index (χ2v) is 6.72. The highest BCUT2D eigenvalue weighted by molar-refractivity contribution is 5.93. The number of aromatic nitrogens is 2. The lowest BCUT2D eigenvalue weighted by atomic mass is 10.1. The lowest BCUT2D eigenvalue weighted by Crippen LogP contribution is -2.41. The third kappa shape index (κ3) is 4.09. The van der Waals surface area contributed by atoms with Gasteiger partial charge in [-0.3, -0.25) is 14.2 Å². The number of hydrogen-bond donors (Lipinski definition) is 2. The molecule has 154 valence electrons. The van der Waals surface area contributed by atoms with E-state index in [0.29, 0.717) is 23.5 Å². The van der Waals surface area contributed by atoms with Crippen LogP contribution in [0.25, 0.3) is 0 Å². The number of amides is 1. The van der Waals surface area contributed by atoms with E-state index in [1.165, 1.54) is 12.1 Å². The summed E-state index contributed by atoms with van der Waals surface area (Å²) >= 11 is 0. The van der Waals surface area contributed by atoms with Gasteiger partial charge in [0.05, 0.1) is 6.54 Å². The van der Waals surface area contributed by atoms with Crippen LogP contribution in [0.5, 0.6) is 11.5 Å². The van der Waals surface area contributed by atoms with E-state index in [4.69, 9.17) is 9.47 Å². The Labute approximate surface area is 169 Å². The Morgan fingerprint density at radius 3 is 2.60 bits per heavy atom. The maximum absolute atomic E-state index is 12.9. The number of nitrogens with zero attached hydrogens (tertiary/aromatic N) is 1. The number of aromatic amines is 1. The molecule has 8 nitrogen and oxygen atoms in total. The number of H-pyrrole nitrogens is 1. The van der Waals surface area contributed by atoms with Crippen LogP contribution in [0.2, 0.25) is 0 Å². The van der Waals surface area contributed by atoms with Crippen molar-refractivity contribution in [3.63, 3.8) is 0 Å². The molecule has 0 saturated carbocycles. The smallest absolute Gasteiger partial charge is 0.328 e. The molecule has 0 atom stereocenters. The SMILES string of the molecule is O=C(NCCc1ccc(F)cc1)c1c[nH]c(=O)n(Cc2ccc3c(c2)OCO3)c1=O. The van der Waals surface area contributed by atoms with Gasteiger partial charge in [-0.1, -0.05) is 18.2 Å². The molecule has 0 spiro atoms. The summed E-state index contributed by atoms with van der Waals surface area (Å²) in [4.78, 5) is 39.8. The molecule has 9 heteroatoms. The van der Waals surface area contributed by atoms with Gasteiger partial charge in [-0.15, -0.1) is 0 Å². The fourth-order valence-corrected chi connectivity index (χ4v) is 3.11. The van der Waals surface area contributed by atoms with Gasteiger partial charge in [0.2, 0.25) is 6.79 Å². The normalized spacial score (nSPS) is 12.0. The molecule has 0 saturated heterocycles. The predicted molar refractivity (Wildman–Crippen MR) is 105 cm³/mol. The van der Waals surface area contributed by atoms with Crippen molar-refractivity contribution in [1.82, 2.24) is 14.9 Å². The van der Waals surface area contributed by atoms with Gasteiger partial charge in [0, 0.05) is 12.7 Å². The van der Waals surface area contributed by atoms with Crippen molar-refractivity contribution in [3.8, 4) is 11.5 Å². The van der Waals surface area contributed by atoms with Gasteiger partial charge in [-0.2, -0.15) is 0 Å². The molecule has 0 radical (unpaired) electrons. The van der Waals surface area contributed by atoms with E-state index in [-0.39, 0.29) is 31.3 Å². The van der Waals surface area contributed by atoms with Gasteiger partial charge in [0.1, 0.15) is 11.4 Å². The van der Waals surface area contributed by atoms with E-state index in [9.17, 15) is 18.8 Å². The standard InChI is InChI=1S/C21H18FN3O5/c22-15-4-1-13(2-5-15)7-8-23-19(26)16-10-24-21(28)25(20(16)27)11-14-3-6-17-18(9-14)30-12-29-17/h1-6,9-10H,7-8,11-12H2,(H,23,26)(H,24,28). The maximum Gasteiger partial charge on any atom is 0.328 e. The van der Waals surface area contributed by atoms with E-state index in [1.54, 1.807) is 30.3 Å². The van der Waals surface area contributed by atoms with Crippen molar-refractivity contribution >= 4 is 5.91 Å². The Hall–Kier alpha value is -3.88. The third-order valence-electron chi connectivity index (χ3n) is 4.70. The average Bonchev–Trinajstić information content (AvgIpc) is 3.20. The number of nitrogens with one attached hydrogen (secondary N) is 2. The summed E-state index contributed by atoms with van der Waals surface area (Å²) in [5.41, 5.74) is 0.00443. The molecule has 1 aliphatic heterocycles. The van der Waals surface area contributed by atoms with Crippen LogP contribution in [0, 0.1) is 5.82 Å². The number of benzene rings is 2. The summed E-state index contributed by atoms with van der Waals surface area (Å²) < 4.78 is 24.4. The zero-order valence-electron chi connectivity index (χ0n) is 15.8. The fraction of sp³-hybridized carbons (Fsp3) is 0.190. The summed E-state index contributed by atoms with van der Waals surface area (Å²) in [7, 11) is 0. The highest BCUT2D eigenvalue weighted by Crippen LogP contribution is 2.32. The van der Waals surface area contributed by atoms with Crippen molar-refractivity contribution in [2.75, 3.05) is 13.3 Å². The van der Waals surface area contributed by atoms with Crippen molar-refractivity contribution in [2.24, 2.45) is 0 Å². The molecule has 2 aromatic carbocycles. The molecule has 1 amide bonds.